The van der Waals surface area contributed by atoms with E-state index in [2.05, 4.69) is 25.7 Å². The molecule has 0 amide bonds. The molecule has 0 aromatic heterocycles. The number of allylic oxidation sites excluding steroid dienone is 2. The number of hydrogen-bond acceptors (Lipinski definition) is 3. The Balaban J connectivity index is 2.22. The summed E-state index contributed by atoms with van der Waals surface area (Å²) < 4.78 is 5.35. The molecule has 1 aliphatic carbocycles. The fourth-order valence-corrected chi connectivity index (χ4v) is 2.57. The van der Waals surface area contributed by atoms with Gasteiger partial charge in [0.25, 0.3) is 0 Å². The lowest BCUT2D eigenvalue weighted by Crippen LogP contribution is -2.15. The molecule has 1 aliphatic heterocycles. The number of ether oxygens (including phenoxy) is 1. The van der Waals surface area contributed by atoms with Crippen LogP contribution in [0.25, 0.3) is 0 Å². The number of aliphatic hydroxyl groups is 1. The van der Waals surface area contributed by atoms with Gasteiger partial charge < -0.3 is 9.84 Å². The average molecular weight is 248 g/mol. The standard InChI is InChI=1S/C15H20O3/c1-10-4-3-5-12(9-16)6-7-13-11(2)15(17)18-14(13)8-10/h5,8,13-14,16H,2-4,6-7,9H2,1H3/b10-8+,12-5-/t13-,14-/m1/s1. The molecule has 0 spiro atoms. The molecule has 2 rings (SSSR count). The van der Waals surface area contributed by atoms with Crippen LogP contribution < -0.4 is 0 Å². The molecule has 0 radical (unpaired) electrons. The Labute approximate surface area is 108 Å². The molecule has 0 saturated carbocycles. The van der Waals surface area contributed by atoms with Gasteiger partial charge in [-0.1, -0.05) is 18.2 Å². The highest BCUT2D eigenvalue weighted by atomic mass is 16.5. The minimum atomic E-state index is -0.275. The molecule has 98 valence electrons. The van der Waals surface area contributed by atoms with Gasteiger partial charge in [0.05, 0.1) is 6.61 Å². The van der Waals surface area contributed by atoms with Gasteiger partial charge in [-0.3, -0.25) is 0 Å². The molecule has 1 heterocycles. The molecule has 0 bridgehead atoms. The molecule has 3 heteroatoms. The van der Waals surface area contributed by atoms with Gasteiger partial charge in [-0.2, -0.15) is 0 Å². The summed E-state index contributed by atoms with van der Waals surface area (Å²) in [6, 6.07) is 0. The van der Waals surface area contributed by atoms with Crippen LogP contribution in [0.15, 0.2) is 35.5 Å². The first-order chi connectivity index (χ1) is 8.61. The number of carbonyl (C=O) groups is 1. The van der Waals surface area contributed by atoms with Crippen LogP contribution in [-0.2, 0) is 9.53 Å². The first kappa shape index (κ1) is 13.1. The van der Waals surface area contributed by atoms with Crippen molar-refractivity contribution in [2.45, 2.75) is 38.7 Å². The minimum Gasteiger partial charge on any atom is -0.454 e. The van der Waals surface area contributed by atoms with Gasteiger partial charge in [0.2, 0.25) is 0 Å². The summed E-state index contributed by atoms with van der Waals surface area (Å²) in [6.07, 6.45) is 7.49. The molecule has 1 fully saturated rings. The van der Waals surface area contributed by atoms with Crippen molar-refractivity contribution >= 4 is 5.97 Å². The summed E-state index contributed by atoms with van der Waals surface area (Å²) in [4.78, 5) is 11.6. The van der Waals surface area contributed by atoms with E-state index < -0.39 is 0 Å². The van der Waals surface area contributed by atoms with Crippen molar-refractivity contribution < 1.29 is 14.6 Å². The van der Waals surface area contributed by atoms with Crippen molar-refractivity contribution in [3.8, 4) is 0 Å². The fraction of sp³-hybridized carbons (Fsp3) is 0.533. The van der Waals surface area contributed by atoms with E-state index in [1.54, 1.807) is 0 Å². The van der Waals surface area contributed by atoms with E-state index in [1.807, 2.05) is 0 Å². The van der Waals surface area contributed by atoms with Crippen molar-refractivity contribution in [3.63, 3.8) is 0 Å². The summed E-state index contributed by atoms with van der Waals surface area (Å²) in [5, 5.41) is 9.29. The van der Waals surface area contributed by atoms with Crippen molar-refractivity contribution in [1.29, 1.82) is 0 Å². The number of rotatable bonds is 1. The van der Waals surface area contributed by atoms with Crippen LogP contribution in [0.2, 0.25) is 0 Å². The third-order valence-corrected chi connectivity index (χ3v) is 3.75. The largest absolute Gasteiger partial charge is 0.454 e. The van der Waals surface area contributed by atoms with Gasteiger partial charge >= 0.3 is 5.97 Å². The number of hydrogen-bond donors (Lipinski definition) is 1. The Hall–Kier alpha value is -1.35. The van der Waals surface area contributed by atoms with E-state index >= 15 is 0 Å². The third-order valence-electron chi connectivity index (χ3n) is 3.75. The molecule has 3 nitrogen and oxygen atoms in total. The zero-order valence-electron chi connectivity index (χ0n) is 10.8. The van der Waals surface area contributed by atoms with Gasteiger partial charge in [-0.05, 0) is 44.3 Å². The molecule has 1 saturated heterocycles. The topological polar surface area (TPSA) is 46.5 Å². The van der Waals surface area contributed by atoms with Gasteiger partial charge in [0.1, 0.15) is 6.10 Å². The van der Waals surface area contributed by atoms with E-state index in [1.165, 1.54) is 5.57 Å². The normalized spacial score (nSPS) is 35.0. The number of esters is 1. The van der Waals surface area contributed by atoms with Crippen LogP contribution in [0.1, 0.15) is 32.6 Å². The average Bonchev–Trinajstić information content (AvgIpc) is 2.60. The van der Waals surface area contributed by atoms with E-state index in [4.69, 9.17) is 4.74 Å². The lowest BCUT2D eigenvalue weighted by molar-refractivity contribution is -0.137. The summed E-state index contributed by atoms with van der Waals surface area (Å²) in [7, 11) is 0. The first-order valence-electron chi connectivity index (χ1n) is 6.47. The number of aliphatic hydroxyl groups excluding tert-OH is 1. The summed E-state index contributed by atoms with van der Waals surface area (Å²) >= 11 is 0. The lowest BCUT2D eigenvalue weighted by Gasteiger charge is -2.17. The van der Waals surface area contributed by atoms with Crippen LogP contribution in [0.3, 0.4) is 0 Å². The Bertz CT molecular complexity index is 417. The van der Waals surface area contributed by atoms with E-state index in [0.717, 1.165) is 31.3 Å². The predicted octanol–water partition coefficient (Wildman–Crippen LogP) is 2.52. The maximum absolute atomic E-state index is 11.6. The zero-order valence-corrected chi connectivity index (χ0v) is 10.8. The zero-order chi connectivity index (χ0) is 13.1. The van der Waals surface area contributed by atoms with Gasteiger partial charge in [0, 0.05) is 11.5 Å². The SMILES string of the molecule is C=C1C(=O)O[C@@H]2/C=C(\C)CC/C=C(\CO)CC[C@H]12. The van der Waals surface area contributed by atoms with Crippen molar-refractivity contribution in [2.24, 2.45) is 5.92 Å². The van der Waals surface area contributed by atoms with Crippen molar-refractivity contribution in [1.82, 2.24) is 0 Å². The molecule has 1 N–H and O–H groups in total. The Morgan fingerprint density at radius 2 is 2.28 bits per heavy atom. The molecule has 0 aromatic carbocycles. The predicted molar refractivity (Wildman–Crippen MR) is 69.9 cm³/mol. The lowest BCUT2D eigenvalue weighted by atomic mass is 9.88. The van der Waals surface area contributed by atoms with Crippen LogP contribution in [0.4, 0.5) is 0 Å². The highest BCUT2D eigenvalue weighted by Gasteiger charge is 2.37. The minimum absolute atomic E-state index is 0.0560. The van der Waals surface area contributed by atoms with Crippen LogP contribution in [0.5, 0.6) is 0 Å². The monoisotopic (exact) mass is 248 g/mol. The molecular formula is C15H20O3. The molecule has 2 aliphatic rings. The Morgan fingerprint density at radius 1 is 1.50 bits per heavy atom. The Morgan fingerprint density at radius 3 is 3.00 bits per heavy atom. The molecular weight excluding hydrogens is 228 g/mol. The highest BCUT2D eigenvalue weighted by molar-refractivity contribution is 5.91. The van der Waals surface area contributed by atoms with Gasteiger partial charge in [0.15, 0.2) is 0 Å². The number of carbonyl (C=O) groups excluding carboxylic acids is 1. The van der Waals surface area contributed by atoms with Gasteiger partial charge in [-0.15, -0.1) is 0 Å². The van der Waals surface area contributed by atoms with Crippen LogP contribution in [-0.4, -0.2) is 23.8 Å². The van der Waals surface area contributed by atoms with E-state index in [0.29, 0.717) is 5.57 Å². The molecule has 18 heavy (non-hydrogen) atoms. The summed E-state index contributed by atoms with van der Waals surface area (Å²) in [6.45, 7) is 5.99. The van der Waals surface area contributed by atoms with E-state index in [9.17, 15) is 9.90 Å². The van der Waals surface area contributed by atoms with Crippen molar-refractivity contribution in [3.05, 3.63) is 35.5 Å². The second-order valence-electron chi connectivity index (χ2n) is 5.11. The maximum Gasteiger partial charge on any atom is 0.334 e. The fourth-order valence-electron chi connectivity index (χ4n) is 2.57. The molecule has 0 unspecified atom stereocenters. The smallest absolute Gasteiger partial charge is 0.334 e. The number of fused-ring (bicyclic) bond motifs is 1. The third kappa shape index (κ3) is 2.72. The Kier molecular flexibility index (Phi) is 4.02. The second-order valence-corrected chi connectivity index (χ2v) is 5.11. The molecule has 0 aromatic rings. The van der Waals surface area contributed by atoms with Crippen LogP contribution >= 0.6 is 0 Å². The van der Waals surface area contributed by atoms with Crippen molar-refractivity contribution in [2.75, 3.05) is 6.61 Å². The highest BCUT2D eigenvalue weighted by Crippen LogP contribution is 2.34. The van der Waals surface area contributed by atoms with E-state index in [-0.39, 0.29) is 24.6 Å². The van der Waals surface area contributed by atoms with Gasteiger partial charge in [-0.25, -0.2) is 4.79 Å². The first-order valence-corrected chi connectivity index (χ1v) is 6.47. The molecule has 2 atom stereocenters. The maximum atomic E-state index is 11.6. The van der Waals surface area contributed by atoms with Crippen LogP contribution in [0, 0.1) is 5.92 Å². The summed E-state index contributed by atoms with van der Waals surface area (Å²) in [5.74, 6) is -0.219. The summed E-state index contributed by atoms with van der Waals surface area (Å²) in [5.41, 5.74) is 2.85. The quantitative estimate of drug-likeness (QED) is 0.440. The second kappa shape index (κ2) is 5.53.